The maximum absolute atomic E-state index is 9.82. The molecule has 0 amide bonds. The lowest BCUT2D eigenvalue weighted by atomic mass is 10.1. The van der Waals surface area contributed by atoms with E-state index in [1.807, 2.05) is 19.1 Å². The fraction of sp³-hybridized carbons (Fsp3) is 0.389. The predicted molar refractivity (Wildman–Crippen MR) is 92.7 cm³/mol. The zero-order chi connectivity index (χ0) is 16.7. The summed E-state index contributed by atoms with van der Waals surface area (Å²) < 4.78 is 5.17. The number of phenolic OH excluding ortho intramolecular Hbond substituents is 1. The Morgan fingerprint density at radius 1 is 1.22 bits per heavy atom. The number of unbranched alkanes of at least 4 members (excludes halogenated alkanes) is 1. The Morgan fingerprint density at radius 3 is 2.78 bits per heavy atom. The van der Waals surface area contributed by atoms with E-state index in [1.165, 1.54) is 0 Å². The number of aromatic hydroxyl groups is 1. The second kappa shape index (κ2) is 8.39. The average Bonchev–Trinajstić information content (AvgIpc) is 2.51. The van der Waals surface area contributed by atoms with Crippen LogP contribution in [0.1, 0.15) is 29.7 Å². The largest absolute Gasteiger partial charge is 0.508 e. The number of nitrogens with one attached hydrogen (secondary N) is 1. The van der Waals surface area contributed by atoms with Crippen LogP contribution in [0.5, 0.6) is 11.5 Å². The molecule has 0 fully saturated rings. The van der Waals surface area contributed by atoms with Crippen molar-refractivity contribution in [2.24, 2.45) is 0 Å². The first-order valence-electron chi connectivity index (χ1n) is 7.88. The summed E-state index contributed by atoms with van der Waals surface area (Å²) in [4.78, 5) is 4.34. The molecule has 0 radical (unpaired) electrons. The third-order valence-corrected chi connectivity index (χ3v) is 3.68. The number of rotatable bonds is 8. The number of nitrogen functional groups attached to an aromatic ring is 1. The molecule has 5 nitrogen and oxygen atoms in total. The van der Waals surface area contributed by atoms with Gasteiger partial charge in [-0.25, -0.2) is 4.98 Å². The number of hydrogen-bond acceptors (Lipinski definition) is 5. The summed E-state index contributed by atoms with van der Waals surface area (Å²) in [5, 5.41) is 13.2. The first-order chi connectivity index (χ1) is 11.1. The third kappa shape index (κ3) is 5.45. The van der Waals surface area contributed by atoms with Crippen molar-refractivity contribution in [1.29, 1.82) is 0 Å². The lowest BCUT2D eigenvalue weighted by Gasteiger charge is -2.09. The molecule has 0 aliphatic rings. The van der Waals surface area contributed by atoms with Gasteiger partial charge in [0.2, 0.25) is 0 Å². The highest BCUT2D eigenvalue weighted by atomic mass is 16.5. The second-order valence-electron chi connectivity index (χ2n) is 5.69. The summed E-state index contributed by atoms with van der Waals surface area (Å²) in [5.41, 5.74) is 8.80. The van der Waals surface area contributed by atoms with Gasteiger partial charge in [0.05, 0.1) is 7.11 Å². The van der Waals surface area contributed by atoms with Crippen molar-refractivity contribution < 1.29 is 9.84 Å². The highest BCUT2D eigenvalue weighted by molar-refractivity contribution is 5.39. The summed E-state index contributed by atoms with van der Waals surface area (Å²) >= 11 is 0. The Bertz CT molecular complexity index is 624. The molecule has 5 heteroatoms. The summed E-state index contributed by atoms with van der Waals surface area (Å²) in [7, 11) is 1.62. The first-order valence-corrected chi connectivity index (χ1v) is 7.88. The van der Waals surface area contributed by atoms with Crippen molar-refractivity contribution in [2.75, 3.05) is 19.4 Å². The van der Waals surface area contributed by atoms with Gasteiger partial charge in [0, 0.05) is 17.8 Å². The van der Waals surface area contributed by atoms with Gasteiger partial charge in [-0.3, -0.25) is 0 Å². The number of ether oxygens (including phenoxy) is 1. The van der Waals surface area contributed by atoms with E-state index in [9.17, 15) is 5.11 Å². The van der Waals surface area contributed by atoms with E-state index in [0.29, 0.717) is 12.4 Å². The molecule has 2 rings (SSSR count). The van der Waals surface area contributed by atoms with Gasteiger partial charge < -0.3 is 20.9 Å². The smallest absolute Gasteiger partial charge is 0.123 e. The number of benzene rings is 1. The van der Waals surface area contributed by atoms with Crippen LogP contribution in [0.2, 0.25) is 0 Å². The fourth-order valence-corrected chi connectivity index (χ4v) is 2.51. The van der Waals surface area contributed by atoms with Crippen molar-refractivity contribution >= 4 is 5.82 Å². The van der Waals surface area contributed by atoms with Crippen molar-refractivity contribution in [1.82, 2.24) is 10.3 Å². The summed E-state index contributed by atoms with van der Waals surface area (Å²) in [6.07, 6.45) is 3.02. The van der Waals surface area contributed by atoms with Crippen molar-refractivity contribution in [3.63, 3.8) is 0 Å². The molecule has 0 saturated carbocycles. The van der Waals surface area contributed by atoms with Crippen LogP contribution in [0.25, 0.3) is 0 Å². The lowest BCUT2D eigenvalue weighted by Crippen LogP contribution is -2.15. The number of nitrogens with zero attached hydrogens (tertiary/aromatic N) is 1. The van der Waals surface area contributed by atoms with Gasteiger partial charge in [-0.05, 0) is 68.6 Å². The highest BCUT2D eigenvalue weighted by Gasteiger charge is 2.03. The molecule has 0 spiro atoms. The van der Waals surface area contributed by atoms with Gasteiger partial charge in [-0.15, -0.1) is 0 Å². The molecule has 0 atom stereocenters. The molecule has 0 aliphatic carbocycles. The van der Waals surface area contributed by atoms with E-state index in [2.05, 4.69) is 16.4 Å². The van der Waals surface area contributed by atoms with Crippen LogP contribution in [-0.2, 0) is 13.0 Å². The molecule has 23 heavy (non-hydrogen) atoms. The van der Waals surface area contributed by atoms with Crippen LogP contribution in [0.3, 0.4) is 0 Å². The average molecular weight is 315 g/mol. The first kappa shape index (κ1) is 17.1. The molecular weight excluding hydrogens is 290 g/mol. The van der Waals surface area contributed by atoms with Gasteiger partial charge >= 0.3 is 0 Å². The Hall–Kier alpha value is -2.27. The van der Waals surface area contributed by atoms with Gasteiger partial charge in [-0.1, -0.05) is 0 Å². The van der Waals surface area contributed by atoms with E-state index in [0.717, 1.165) is 48.4 Å². The predicted octanol–water partition coefficient (Wildman–Crippen LogP) is 2.80. The number of nitrogens with two attached hydrogens (primary N) is 1. The Morgan fingerprint density at radius 2 is 2.04 bits per heavy atom. The van der Waals surface area contributed by atoms with Gasteiger partial charge in [-0.2, -0.15) is 0 Å². The lowest BCUT2D eigenvalue weighted by molar-refractivity contribution is 0.410. The maximum atomic E-state index is 9.82. The quantitative estimate of drug-likeness (QED) is 0.653. The van der Waals surface area contributed by atoms with Gasteiger partial charge in [0.25, 0.3) is 0 Å². The zero-order valence-electron chi connectivity index (χ0n) is 13.8. The molecule has 2 aromatic rings. The summed E-state index contributed by atoms with van der Waals surface area (Å²) in [6, 6.07) is 9.22. The Labute approximate surface area is 137 Å². The SMILES string of the molecule is COc1ccc(O)c(CNCCCCc2cc(C)cc(N)n2)c1. The zero-order valence-corrected chi connectivity index (χ0v) is 13.8. The number of methoxy groups -OCH3 is 1. The van der Waals surface area contributed by atoms with Crippen molar-refractivity contribution in [3.05, 3.63) is 47.2 Å². The van der Waals surface area contributed by atoms with Crippen LogP contribution in [-0.4, -0.2) is 23.7 Å². The van der Waals surface area contributed by atoms with Crippen molar-refractivity contribution in [3.8, 4) is 11.5 Å². The number of phenols is 1. The van der Waals surface area contributed by atoms with E-state index < -0.39 is 0 Å². The van der Waals surface area contributed by atoms with E-state index in [-0.39, 0.29) is 5.75 Å². The van der Waals surface area contributed by atoms with Crippen LogP contribution in [0, 0.1) is 6.92 Å². The number of pyridine rings is 1. The van der Waals surface area contributed by atoms with Gasteiger partial charge in [0.1, 0.15) is 17.3 Å². The summed E-state index contributed by atoms with van der Waals surface area (Å²) in [5.74, 6) is 1.63. The van der Waals surface area contributed by atoms with E-state index >= 15 is 0 Å². The topological polar surface area (TPSA) is 80.4 Å². The molecule has 0 aliphatic heterocycles. The minimum absolute atomic E-state index is 0.290. The molecule has 0 saturated heterocycles. The summed E-state index contributed by atoms with van der Waals surface area (Å²) in [6.45, 7) is 3.54. The molecule has 1 aromatic heterocycles. The molecule has 124 valence electrons. The number of aryl methyl sites for hydroxylation is 2. The monoisotopic (exact) mass is 315 g/mol. The van der Waals surface area contributed by atoms with Crippen molar-refractivity contribution in [2.45, 2.75) is 32.7 Å². The molecule has 4 N–H and O–H groups in total. The maximum Gasteiger partial charge on any atom is 0.123 e. The molecule has 0 bridgehead atoms. The third-order valence-electron chi connectivity index (χ3n) is 3.68. The minimum atomic E-state index is 0.290. The minimum Gasteiger partial charge on any atom is -0.508 e. The van der Waals surface area contributed by atoms with Crippen LogP contribution >= 0.6 is 0 Å². The number of hydrogen-bond donors (Lipinski definition) is 3. The second-order valence-corrected chi connectivity index (χ2v) is 5.69. The Balaban J connectivity index is 1.70. The molecule has 0 unspecified atom stereocenters. The number of aromatic nitrogens is 1. The fourth-order valence-electron chi connectivity index (χ4n) is 2.51. The Kier molecular flexibility index (Phi) is 6.23. The highest BCUT2D eigenvalue weighted by Crippen LogP contribution is 2.22. The van der Waals surface area contributed by atoms with Gasteiger partial charge in [0.15, 0.2) is 0 Å². The normalized spacial score (nSPS) is 10.7. The molecule has 1 aromatic carbocycles. The standard InChI is InChI=1S/C18H25N3O2/c1-13-9-15(21-18(19)10-13)5-3-4-8-20-12-14-11-16(23-2)6-7-17(14)22/h6-7,9-11,20,22H,3-5,8,12H2,1-2H3,(H2,19,21). The van der Waals surface area contributed by atoms with Crippen LogP contribution in [0.4, 0.5) is 5.82 Å². The molecular formula is C18H25N3O2. The van der Waals surface area contributed by atoms with Crippen LogP contribution < -0.4 is 15.8 Å². The number of anilines is 1. The van der Waals surface area contributed by atoms with E-state index in [4.69, 9.17) is 10.5 Å². The van der Waals surface area contributed by atoms with E-state index in [1.54, 1.807) is 19.2 Å². The van der Waals surface area contributed by atoms with Crippen LogP contribution in [0.15, 0.2) is 30.3 Å². The molecule has 1 heterocycles.